The normalized spacial score (nSPS) is 18.3. The number of ether oxygens (including phenoxy) is 1. The summed E-state index contributed by atoms with van der Waals surface area (Å²) in [5.74, 6) is -0.0241. The van der Waals surface area contributed by atoms with Crippen LogP contribution in [-0.2, 0) is 4.79 Å². The maximum atomic E-state index is 12.7. The van der Waals surface area contributed by atoms with Crippen LogP contribution >= 0.6 is 0 Å². The molecule has 0 bridgehead atoms. The van der Waals surface area contributed by atoms with Gasteiger partial charge in [-0.05, 0) is 57.5 Å². The molecule has 2 rings (SSSR count). The number of likely N-dealkylation sites (tertiary alicyclic amines) is 1. The van der Waals surface area contributed by atoms with Gasteiger partial charge in [0.05, 0.1) is 13.2 Å². The number of rotatable bonds is 6. The molecule has 1 aromatic carbocycles. The molecule has 1 fully saturated rings. The predicted molar refractivity (Wildman–Crippen MR) is 91.4 cm³/mol. The molecule has 6 heteroatoms. The van der Waals surface area contributed by atoms with Gasteiger partial charge in [0, 0.05) is 24.7 Å². The third-order valence-electron chi connectivity index (χ3n) is 4.41. The van der Waals surface area contributed by atoms with Crippen molar-refractivity contribution in [1.82, 2.24) is 9.80 Å². The quantitative estimate of drug-likeness (QED) is 0.863. The number of carboxylic acid groups (broad SMARTS) is 1. The number of aliphatic carboxylic acids is 1. The summed E-state index contributed by atoms with van der Waals surface area (Å²) in [7, 11) is 1.84. The molecule has 0 radical (unpaired) electrons. The van der Waals surface area contributed by atoms with Gasteiger partial charge in [-0.1, -0.05) is 0 Å². The zero-order chi connectivity index (χ0) is 17.5. The fraction of sp³-hybridized carbons (Fsp3) is 0.556. The third-order valence-corrected chi connectivity index (χ3v) is 4.41. The minimum Gasteiger partial charge on any atom is -0.494 e. The van der Waals surface area contributed by atoms with Gasteiger partial charge in [-0.15, -0.1) is 0 Å². The first kappa shape index (κ1) is 18.3. The molecule has 0 aromatic heterocycles. The molecule has 24 heavy (non-hydrogen) atoms. The molecule has 0 saturated carbocycles. The Kier molecular flexibility index (Phi) is 6.61. The highest BCUT2D eigenvalue weighted by atomic mass is 16.5. The third kappa shape index (κ3) is 4.96. The standard InChI is InChI=1S/C18H26N2O4/c1-3-24-16-8-6-14(7-9-16)18(23)20-11-4-5-15(10-12-20)19(2)13-17(21)22/h6-9,15H,3-5,10-13H2,1-2H3,(H,21,22). The van der Waals surface area contributed by atoms with Gasteiger partial charge >= 0.3 is 5.97 Å². The number of benzene rings is 1. The molecular formula is C18H26N2O4. The molecule has 1 amide bonds. The van der Waals surface area contributed by atoms with Gasteiger partial charge in [0.2, 0.25) is 0 Å². The van der Waals surface area contributed by atoms with Gasteiger partial charge < -0.3 is 14.7 Å². The number of carboxylic acids is 1. The number of carbonyl (C=O) groups is 2. The highest BCUT2D eigenvalue weighted by Crippen LogP contribution is 2.19. The first-order valence-corrected chi connectivity index (χ1v) is 8.45. The van der Waals surface area contributed by atoms with Crippen molar-refractivity contribution in [3.63, 3.8) is 0 Å². The lowest BCUT2D eigenvalue weighted by Gasteiger charge is -2.25. The molecule has 132 valence electrons. The molecular weight excluding hydrogens is 308 g/mol. The predicted octanol–water partition coefficient (Wildman–Crippen LogP) is 2.10. The summed E-state index contributed by atoms with van der Waals surface area (Å²) in [5.41, 5.74) is 0.663. The van der Waals surface area contributed by atoms with Crippen LogP contribution in [0.1, 0.15) is 36.5 Å². The number of hydrogen-bond donors (Lipinski definition) is 1. The number of nitrogens with zero attached hydrogens (tertiary/aromatic N) is 2. The Morgan fingerprint density at radius 1 is 1.25 bits per heavy atom. The summed E-state index contributed by atoms with van der Waals surface area (Å²) in [6, 6.07) is 7.44. The van der Waals surface area contributed by atoms with E-state index in [1.807, 2.05) is 35.9 Å². The van der Waals surface area contributed by atoms with Crippen LogP contribution in [0.3, 0.4) is 0 Å². The van der Waals surface area contributed by atoms with E-state index < -0.39 is 5.97 Å². The van der Waals surface area contributed by atoms with E-state index in [9.17, 15) is 9.59 Å². The second kappa shape index (κ2) is 8.68. The van der Waals surface area contributed by atoms with Crippen molar-refractivity contribution >= 4 is 11.9 Å². The number of carbonyl (C=O) groups excluding carboxylic acids is 1. The Bertz CT molecular complexity index is 559. The van der Waals surface area contributed by atoms with Crippen molar-refractivity contribution in [2.75, 3.05) is 33.3 Å². The average molecular weight is 334 g/mol. The van der Waals surface area contributed by atoms with Crippen molar-refractivity contribution < 1.29 is 19.4 Å². The maximum Gasteiger partial charge on any atom is 0.317 e. The van der Waals surface area contributed by atoms with Crippen LogP contribution in [0.15, 0.2) is 24.3 Å². The first-order chi connectivity index (χ1) is 11.5. The molecule has 6 nitrogen and oxygen atoms in total. The summed E-state index contributed by atoms with van der Waals surface area (Å²) >= 11 is 0. The minimum atomic E-state index is -0.816. The fourth-order valence-electron chi connectivity index (χ4n) is 3.11. The molecule has 1 unspecified atom stereocenters. The molecule has 1 aliphatic heterocycles. The minimum absolute atomic E-state index is 0.0274. The zero-order valence-corrected chi connectivity index (χ0v) is 14.4. The van der Waals surface area contributed by atoms with Crippen molar-refractivity contribution in [2.45, 2.75) is 32.2 Å². The monoisotopic (exact) mass is 334 g/mol. The molecule has 1 aromatic rings. The van der Waals surface area contributed by atoms with Crippen molar-refractivity contribution in [3.05, 3.63) is 29.8 Å². The largest absolute Gasteiger partial charge is 0.494 e. The van der Waals surface area contributed by atoms with Crippen molar-refractivity contribution in [2.24, 2.45) is 0 Å². The summed E-state index contributed by atoms with van der Waals surface area (Å²) in [5, 5.41) is 8.92. The summed E-state index contributed by atoms with van der Waals surface area (Å²) in [4.78, 5) is 27.2. The number of amides is 1. The second-order valence-electron chi connectivity index (χ2n) is 6.14. The lowest BCUT2D eigenvalue weighted by molar-refractivity contribution is -0.138. The molecule has 0 spiro atoms. The van der Waals surface area contributed by atoms with Gasteiger partial charge in [0.25, 0.3) is 5.91 Å². The summed E-state index contributed by atoms with van der Waals surface area (Å²) < 4.78 is 5.40. The Balaban J connectivity index is 1.95. The van der Waals surface area contributed by atoms with E-state index >= 15 is 0 Å². The van der Waals surface area contributed by atoms with E-state index in [4.69, 9.17) is 9.84 Å². The topological polar surface area (TPSA) is 70.1 Å². The molecule has 1 N–H and O–H groups in total. The van der Waals surface area contributed by atoms with E-state index in [0.29, 0.717) is 25.3 Å². The van der Waals surface area contributed by atoms with Crippen LogP contribution < -0.4 is 4.74 Å². The number of hydrogen-bond acceptors (Lipinski definition) is 4. The van der Waals surface area contributed by atoms with Gasteiger partial charge in [-0.3, -0.25) is 14.5 Å². The molecule has 1 atom stereocenters. The van der Waals surface area contributed by atoms with Crippen molar-refractivity contribution in [3.8, 4) is 5.75 Å². The van der Waals surface area contributed by atoms with E-state index in [0.717, 1.165) is 25.0 Å². The lowest BCUT2D eigenvalue weighted by Crippen LogP contribution is -2.37. The van der Waals surface area contributed by atoms with Crippen LogP contribution in [0.4, 0.5) is 0 Å². The van der Waals surface area contributed by atoms with Gasteiger partial charge in [0.15, 0.2) is 0 Å². The molecule has 1 heterocycles. The van der Waals surface area contributed by atoms with Crippen LogP contribution in [-0.4, -0.2) is 66.1 Å². The maximum absolute atomic E-state index is 12.7. The van der Waals surface area contributed by atoms with E-state index in [1.54, 1.807) is 12.1 Å². The van der Waals surface area contributed by atoms with Crippen LogP contribution in [0.5, 0.6) is 5.75 Å². The first-order valence-electron chi connectivity index (χ1n) is 8.45. The Labute approximate surface area is 143 Å². The van der Waals surface area contributed by atoms with E-state index in [1.165, 1.54) is 0 Å². The summed E-state index contributed by atoms with van der Waals surface area (Å²) in [6.45, 7) is 3.93. The van der Waals surface area contributed by atoms with Crippen LogP contribution in [0.25, 0.3) is 0 Å². The average Bonchev–Trinajstić information content (AvgIpc) is 2.81. The van der Waals surface area contributed by atoms with E-state index in [-0.39, 0.29) is 18.5 Å². The van der Waals surface area contributed by atoms with Crippen LogP contribution in [0.2, 0.25) is 0 Å². The van der Waals surface area contributed by atoms with Crippen molar-refractivity contribution in [1.29, 1.82) is 0 Å². The second-order valence-corrected chi connectivity index (χ2v) is 6.14. The van der Waals surface area contributed by atoms with Gasteiger partial charge in [-0.25, -0.2) is 0 Å². The zero-order valence-electron chi connectivity index (χ0n) is 14.4. The Morgan fingerprint density at radius 3 is 2.58 bits per heavy atom. The molecule has 0 aliphatic carbocycles. The smallest absolute Gasteiger partial charge is 0.317 e. The summed E-state index contributed by atoms with van der Waals surface area (Å²) in [6.07, 6.45) is 2.60. The highest BCUT2D eigenvalue weighted by molar-refractivity contribution is 5.94. The lowest BCUT2D eigenvalue weighted by atomic mass is 10.1. The molecule has 1 saturated heterocycles. The van der Waals surface area contributed by atoms with Gasteiger partial charge in [0.1, 0.15) is 5.75 Å². The number of likely N-dealkylation sites (N-methyl/N-ethyl adjacent to an activating group) is 1. The Morgan fingerprint density at radius 2 is 1.96 bits per heavy atom. The molecule has 1 aliphatic rings. The SMILES string of the molecule is CCOc1ccc(C(=O)N2CCCC(N(C)CC(=O)O)CC2)cc1. The van der Waals surface area contributed by atoms with E-state index in [2.05, 4.69) is 0 Å². The fourth-order valence-corrected chi connectivity index (χ4v) is 3.11. The van der Waals surface area contributed by atoms with Gasteiger partial charge in [-0.2, -0.15) is 0 Å². The van der Waals surface area contributed by atoms with Crippen LogP contribution in [0, 0.1) is 0 Å². The Hall–Kier alpha value is -2.08. The highest BCUT2D eigenvalue weighted by Gasteiger charge is 2.24.